The molecule has 1 aromatic rings. The Morgan fingerprint density at radius 3 is 2.55 bits per heavy atom. The van der Waals surface area contributed by atoms with Crippen LogP contribution in [0.5, 0.6) is 0 Å². The molecule has 1 spiro atoms. The van der Waals surface area contributed by atoms with Crippen LogP contribution >= 0.6 is 0 Å². The number of hydrogen-bond donors (Lipinski definition) is 3. The Labute approximate surface area is 192 Å². The van der Waals surface area contributed by atoms with Crippen LogP contribution in [0, 0.1) is 17.7 Å². The first-order chi connectivity index (χ1) is 15.8. The number of hydrogen-bond acceptors (Lipinski definition) is 4. The van der Waals surface area contributed by atoms with Gasteiger partial charge in [0.15, 0.2) is 0 Å². The van der Waals surface area contributed by atoms with E-state index in [1.165, 1.54) is 18.2 Å². The Bertz CT molecular complexity index is 962. The summed E-state index contributed by atoms with van der Waals surface area (Å²) in [4.78, 5) is 51.5. The molecule has 3 N–H and O–H groups in total. The molecule has 2 atom stereocenters. The average molecular weight is 459 g/mol. The minimum Gasteiger partial charge on any atom is -0.324 e. The number of carbonyl (C=O) groups excluding carboxylic acids is 4. The fourth-order valence-electron chi connectivity index (χ4n) is 5.28. The van der Waals surface area contributed by atoms with Crippen LogP contribution in [0.1, 0.15) is 64.7 Å². The molecule has 178 valence electrons. The second kappa shape index (κ2) is 9.49. The van der Waals surface area contributed by atoms with E-state index < -0.39 is 29.8 Å². The van der Waals surface area contributed by atoms with Crippen molar-refractivity contribution in [1.29, 1.82) is 0 Å². The van der Waals surface area contributed by atoms with Gasteiger partial charge in [-0.2, -0.15) is 0 Å². The number of benzene rings is 1. The van der Waals surface area contributed by atoms with Gasteiger partial charge in [-0.05, 0) is 49.8 Å². The van der Waals surface area contributed by atoms with Gasteiger partial charge in [0.05, 0.1) is 5.69 Å². The zero-order valence-electron chi connectivity index (χ0n) is 18.9. The smallest absolute Gasteiger partial charge is 0.324 e. The summed E-state index contributed by atoms with van der Waals surface area (Å²) < 4.78 is 14.3. The number of carbonyl (C=O) groups is 4. The van der Waals surface area contributed by atoms with Gasteiger partial charge in [-0.3, -0.25) is 19.3 Å². The zero-order valence-corrected chi connectivity index (χ0v) is 18.9. The minimum absolute atomic E-state index is 0.00296. The lowest BCUT2D eigenvalue weighted by molar-refractivity contribution is -0.136. The largest absolute Gasteiger partial charge is 0.325 e. The highest BCUT2D eigenvalue weighted by Gasteiger charge is 2.55. The molecule has 2 saturated carbocycles. The van der Waals surface area contributed by atoms with Gasteiger partial charge in [-0.25, -0.2) is 9.18 Å². The fraction of sp³-hybridized carbons (Fsp3) is 0.583. The fourth-order valence-corrected chi connectivity index (χ4v) is 5.28. The maximum Gasteiger partial charge on any atom is 0.325 e. The van der Waals surface area contributed by atoms with Crippen molar-refractivity contribution < 1.29 is 23.6 Å². The van der Waals surface area contributed by atoms with E-state index in [2.05, 4.69) is 16.0 Å². The van der Waals surface area contributed by atoms with E-state index in [1.54, 1.807) is 0 Å². The third-order valence-corrected chi connectivity index (χ3v) is 7.29. The number of anilines is 2. The van der Waals surface area contributed by atoms with E-state index in [-0.39, 0.29) is 35.0 Å². The molecular formula is C24H31FN4O4. The van der Waals surface area contributed by atoms with Crippen LogP contribution in [0.25, 0.3) is 0 Å². The maximum atomic E-state index is 14.3. The molecular weight excluding hydrogens is 427 g/mol. The van der Waals surface area contributed by atoms with Crippen LogP contribution in [0.15, 0.2) is 18.2 Å². The second-order valence-corrected chi connectivity index (χ2v) is 9.51. The van der Waals surface area contributed by atoms with Gasteiger partial charge in [0.25, 0.3) is 5.91 Å². The Morgan fingerprint density at radius 1 is 1.09 bits per heavy atom. The summed E-state index contributed by atoms with van der Waals surface area (Å²) in [5, 5.41) is 8.05. The Morgan fingerprint density at radius 2 is 1.82 bits per heavy atom. The van der Waals surface area contributed by atoms with Crippen molar-refractivity contribution in [3.8, 4) is 0 Å². The topological polar surface area (TPSA) is 108 Å². The van der Waals surface area contributed by atoms with Crippen molar-refractivity contribution in [3.63, 3.8) is 0 Å². The summed E-state index contributed by atoms with van der Waals surface area (Å²) in [6.45, 7) is 1.52. The standard InChI is InChI=1S/C24H31FN4O4/c1-15-7-5-6-12-24(15)22(32)29(23(33)28-24)14-20(30)26-17-10-11-18(25)19(13-17)27-21(31)16-8-3-2-4-9-16/h10-11,13,15-16H,2-9,12,14H2,1H3,(H,26,30)(H,27,31)(H,28,33). The van der Waals surface area contributed by atoms with Crippen LogP contribution < -0.4 is 16.0 Å². The third kappa shape index (κ3) is 4.72. The van der Waals surface area contributed by atoms with Crippen molar-refractivity contribution in [2.75, 3.05) is 17.2 Å². The molecule has 5 amide bonds. The highest BCUT2D eigenvalue weighted by Crippen LogP contribution is 2.38. The van der Waals surface area contributed by atoms with E-state index in [0.29, 0.717) is 6.42 Å². The number of urea groups is 1. The molecule has 1 saturated heterocycles. The van der Waals surface area contributed by atoms with Crippen LogP contribution in [0.4, 0.5) is 20.6 Å². The van der Waals surface area contributed by atoms with Crippen molar-refractivity contribution in [1.82, 2.24) is 10.2 Å². The van der Waals surface area contributed by atoms with Gasteiger partial charge in [-0.1, -0.05) is 39.0 Å². The van der Waals surface area contributed by atoms with Gasteiger partial charge in [0.1, 0.15) is 17.9 Å². The predicted octanol–water partition coefficient (Wildman–Crippen LogP) is 3.78. The summed E-state index contributed by atoms with van der Waals surface area (Å²) in [6.07, 6.45) is 7.93. The molecule has 3 aliphatic rings. The molecule has 2 unspecified atom stereocenters. The summed E-state index contributed by atoms with van der Waals surface area (Å²) in [6, 6.07) is 3.33. The lowest BCUT2D eigenvalue weighted by Gasteiger charge is -2.36. The molecule has 1 aromatic carbocycles. The minimum atomic E-state index is -0.929. The normalized spacial score (nSPS) is 25.8. The van der Waals surface area contributed by atoms with Crippen LogP contribution in [0.3, 0.4) is 0 Å². The highest BCUT2D eigenvalue weighted by molar-refractivity contribution is 6.10. The zero-order chi connectivity index (χ0) is 23.6. The summed E-state index contributed by atoms with van der Waals surface area (Å²) in [7, 11) is 0. The molecule has 0 bridgehead atoms. The molecule has 1 aliphatic heterocycles. The number of halogens is 1. The number of nitrogens with zero attached hydrogens (tertiary/aromatic N) is 1. The molecule has 1 heterocycles. The van der Waals surface area contributed by atoms with Gasteiger partial charge in [-0.15, -0.1) is 0 Å². The lowest BCUT2D eigenvalue weighted by atomic mass is 9.73. The predicted molar refractivity (Wildman–Crippen MR) is 121 cm³/mol. The van der Waals surface area contributed by atoms with Crippen LogP contribution in [-0.2, 0) is 14.4 Å². The SMILES string of the molecule is CC1CCCCC12NC(=O)N(CC(=O)Nc1ccc(F)c(NC(=O)C3CCCCC3)c1)C2=O. The quantitative estimate of drug-likeness (QED) is 0.584. The number of amides is 5. The summed E-state index contributed by atoms with van der Waals surface area (Å²) in [5.41, 5.74) is -0.663. The van der Waals surface area contributed by atoms with Crippen molar-refractivity contribution in [2.45, 2.75) is 70.3 Å². The van der Waals surface area contributed by atoms with Gasteiger partial charge >= 0.3 is 6.03 Å². The highest BCUT2D eigenvalue weighted by atomic mass is 19.1. The van der Waals surface area contributed by atoms with Crippen LogP contribution in [-0.4, -0.2) is 40.7 Å². The molecule has 2 aliphatic carbocycles. The van der Waals surface area contributed by atoms with E-state index in [9.17, 15) is 23.6 Å². The molecule has 9 heteroatoms. The third-order valence-electron chi connectivity index (χ3n) is 7.29. The van der Waals surface area contributed by atoms with E-state index in [1.807, 2.05) is 6.92 Å². The average Bonchev–Trinajstić information content (AvgIpc) is 3.03. The van der Waals surface area contributed by atoms with Crippen molar-refractivity contribution in [3.05, 3.63) is 24.0 Å². The molecule has 33 heavy (non-hydrogen) atoms. The molecule has 3 fully saturated rings. The van der Waals surface area contributed by atoms with Crippen molar-refractivity contribution >= 4 is 35.1 Å². The summed E-state index contributed by atoms with van der Waals surface area (Å²) in [5.74, 6) is -1.89. The van der Waals surface area contributed by atoms with Gasteiger partial charge < -0.3 is 16.0 Å². The molecule has 0 radical (unpaired) electrons. The second-order valence-electron chi connectivity index (χ2n) is 9.51. The Hall–Kier alpha value is -2.97. The Balaban J connectivity index is 1.39. The first kappa shape index (κ1) is 23.2. The monoisotopic (exact) mass is 458 g/mol. The first-order valence-electron chi connectivity index (χ1n) is 11.8. The van der Waals surface area contributed by atoms with Gasteiger partial charge in [0.2, 0.25) is 11.8 Å². The van der Waals surface area contributed by atoms with Gasteiger partial charge in [0, 0.05) is 11.6 Å². The van der Waals surface area contributed by atoms with E-state index >= 15 is 0 Å². The molecule has 0 aromatic heterocycles. The van der Waals surface area contributed by atoms with E-state index in [0.717, 1.165) is 56.3 Å². The number of rotatable bonds is 5. The van der Waals surface area contributed by atoms with E-state index in [4.69, 9.17) is 0 Å². The maximum absolute atomic E-state index is 14.3. The number of imide groups is 1. The Kier molecular flexibility index (Phi) is 6.67. The molecule has 4 rings (SSSR count). The molecule has 8 nitrogen and oxygen atoms in total. The number of nitrogens with one attached hydrogen (secondary N) is 3. The first-order valence-corrected chi connectivity index (χ1v) is 11.8. The lowest BCUT2D eigenvalue weighted by Crippen LogP contribution is -2.54. The summed E-state index contributed by atoms with van der Waals surface area (Å²) >= 11 is 0. The van der Waals surface area contributed by atoms with Crippen molar-refractivity contribution in [2.24, 2.45) is 11.8 Å². The van der Waals surface area contributed by atoms with Crippen LogP contribution in [0.2, 0.25) is 0 Å².